The number of nitrogens with zero attached hydrogens (tertiary/aromatic N) is 1. The molecule has 1 unspecified atom stereocenters. The summed E-state index contributed by atoms with van der Waals surface area (Å²) in [5.74, 6) is -0.0414. The van der Waals surface area contributed by atoms with Crippen molar-refractivity contribution in [2.45, 2.75) is 38.3 Å². The monoisotopic (exact) mass is 186 g/mol. The molecular formula is C9H18N2O2. The zero-order valence-electron chi connectivity index (χ0n) is 8.29. The van der Waals surface area contributed by atoms with Gasteiger partial charge in [-0.3, -0.25) is 4.79 Å². The lowest BCUT2D eigenvalue weighted by Gasteiger charge is -2.21. The fourth-order valence-corrected chi connectivity index (χ4v) is 1.54. The Balaban J connectivity index is 2.51. The molecule has 0 bridgehead atoms. The summed E-state index contributed by atoms with van der Waals surface area (Å²) in [5, 5.41) is 9.63. The van der Waals surface area contributed by atoms with Crippen molar-refractivity contribution in [2.24, 2.45) is 5.73 Å². The summed E-state index contributed by atoms with van der Waals surface area (Å²) >= 11 is 0. The van der Waals surface area contributed by atoms with Crippen LogP contribution in [-0.4, -0.2) is 40.6 Å². The van der Waals surface area contributed by atoms with Crippen LogP contribution in [0.15, 0.2) is 0 Å². The van der Waals surface area contributed by atoms with E-state index in [9.17, 15) is 9.90 Å². The van der Waals surface area contributed by atoms with Crippen LogP contribution in [0.1, 0.15) is 26.7 Å². The molecule has 1 saturated heterocycles. The molecule has 1 aliphatic rings. The van der Waals surface area contributed by atoms with Crippen molar-refractivity contribution in [2.75, 3.05) is 13.1 Å². The van der Waals surface area contributed by atoms with E-state index in [1.165, 1.54) is 0 Å². The first-order chi connectivity index (χ1) is 5.96. The van der Waals surface area contributed by atoms with Crippen molar-refractivity contribution in [1.29, 1.82) is 0 Å². The molecule has 1 fully saturated rings. The highest BCUT2D eigenvalue weighted by atomic mass is 16.3. The molecule has 4 nitrogen and oxygen atoms in total. The summed E-state index contributed by atoms with van der Waals surface area (Å²) in [5.41, 5.74) is 4.89. The van der Waals surface area contributed by atoms with Gasteiger partial charge >= 0.3 is 0 Å². The zero-order valence-corrected chi connectivity index (χ0v) is 8.29. The summed E-state index contributed by atoms with van der Waals surface area (Å²) in [6, 6.07) is -0.408. The van der Waals surface area contributed by atoms with Crippen LogP contribution in [0.25, 0.3) is 0 Å². The topological polar surface area (TPSA) is 66.6 Å². The van der Waals surface area contributed by atoms with E-state index >= 15 is 0 Å². The second-order valence-electron chi connectivity index (χ2n) is 4.02. The number of hydrogen-bond donors (Lipinski definition) is 2. The molecule has 13 heavy (non-hydrogen) atoms. The molecule has 1 aliphatic heterocycles. The van der Waals surface area contributed by atoms with E-state index in [2.05, 4.69) is 0 Å². The Hall–Kier alpha value is -0.610. The predicted molar refractivity (Wildman–Crippen MR) is 50.1 cm³/mol. The lowest BCUT2D eigenvalue weighted by Crippen LogP contribution is -2.43. The molecular weight excluding hydrogens is 168 g/mol. The Morgan fingerprint density at radius 1 is 1.77 bits per heavy atom. The summed E-state index contributed by atoms with van der Waals surface area (Å²) in [6.07, 6.45) is 1.30. The van der Waals surface area contributed by atoms with Crippen LogP contribution < -0.4 is 5.73 Å². The van der Waals surface area contributed by atoms with Gasteiger partial charge in [0.15, 0.2) is 0 Å². The Morgan fingerprint density at radius 3 is 2.77 bits per heavy atom. The van der Waals surface area contributed by atoms with Crippen molar-refractivity contribution in [3.63, 3.8) is 0 Å². The van der Waals surface area contributed by atoms with Gasteiger partial charge in [-0.2, -0.15) is 0 Å². The van der Waals surface area contributed by atoms with Crippen LogP contribution >= 0.6 is 0 Å². The molecule has 0 saturated carbocycles. The van der Waals surface area contributed by atoms with Crippen molar-refractivity contribution < 1.29 is 9.90 Å². The van der Waals surface area contributed by atoms with E-state index in [-0.39, 0.29) is 5.91 Å². The van der Waals surface area contributed by atoms with Gasteiger partial charge in [0.25, 0.3) is 0 Å². The molecule has 0 aliphatic carbocycles. The smallest absolute Gasteiger partial charge is 0.239 e. The van der Waals surface area contributed by atoms with Gasteiger partial charge in [0, 0.05) is 13.1 Å². The summed E-state index contributed by atoms with van der Waals surface area (Å²) in [7, 11) is 0. The van der Waals surface area contributed by atoms with Crippen molar-refractivity contribution in [1.82, 2.24) is 4.90 Å². The van der Waals surface area contributed by atoms with Gasteiger partial charge in [0.2, 0.25) is 5.91 Å². The van der Waals surface area contributed by atoms with Crippen LogP contribution in [0.2, 0.25) is 0 Å². The first kappa shape index (κ1) is 10.5. The second kappa shape index (κ2) is 3.64. The van der Waals surface area contributed by atoms with E-state index in [1.807, 2.05) is 6.92 Å². The Bertz CT molecular complexity index is 204. The van der Waals surface area contributed by atoms with Gasteiger partial charge < -0.3 is 15.7 Å². The van der Waals surface area contributed by atoms with Crippen molar-refractivity contribution in [3.05, 3.63) is 0 Å². The van der Waals surface area contributed by atoms with Crippen LogP contribution in [0.5, 0.6) is 0 Å². The largest absolute Gasteiger partial charge is 0.388 e. The van der Waals surface area contributed by atoms with Gasteiger partial charge in [0.05, 0.1) is 11.6 Å². The minimum Gasteiger partial charge on any atom is -0.388 e. The highest BCUT2D eigenvalue weighted by Crippen LogP contribution is 2.20. The molecule has 2 atom stereocenters. The maximum absolute atomic E-state index is 11.6. The number of aliphatic hydroxyl groups is 1. The highest BCUT2D eigenvalue weighted by molar-refractivity contribution is 5.81. The van der Waals surface area contributed by atoms with Crippen molar-refractivity contribution in [3.8, 4) is 0 Å². The average Bonchev–Trinajstić information content (AvgIpc) is 2.43. The molecule has 0 spiro atoms. The number of carbonyl (C=O) groups excluding carboxylic acids is 1. The highest BCUT2D eigenvalue weighted by Gasteiger charge is 2.35. The lowest BCUT2D eigenvalue weighted by atomic mass is 10.1. The number of nitrogens with two attached hydrogens (primary N) is 1. The number of β-amino-alcohol motifs (C(OH)–C–C–N with tert-alkyl or cyclic N) is 1. The van der Waals surface area contributed by atoms with Crippen molar-refractivity contribution >= 4 is 5.91 Å². The predicted octanol–water partition coefficient (Wildman–Crippen LogP) is -0.293. The molecule has 3 N–H and O–H groups in total. The van der Waals surface area contributed by atoms with Crippen LogP contribution in [-0.2, 0) is 4.79 Å². The van der Waals surface area contributed by atoms with E-state index < -0.39 is 11.6 Å². The second-order valence-corrected chi connectivity index (χ2v) is 4.02. The molecule has 1 heterocycles. The van der Waals surface area contributed by atoms with Gasteiger partial charge in [-0.15, -0.1) is 0 Å². The number of carbonyl (C=O) groups is 1. The van der Waals surface area contributed by atoms with E-state index in [0.717, 1.165) is 0 Å². The summed E-state index contributed by atoms with van der Waals surface area (Å²) in [6.45, 7) is 4.67. The third-order valence-corrected chi connectivity index (χ3v) is 2.52. The average molecular weight is 186 g/mol. The van der Waals surface area contributed by atoms with Gasteiger partial charge in [-0.05, 0) is 19.8 Å². The quantitative estimate of drug-likeness (QED) is 0.622. The first-order valence-electron chi connectivity index (χ1n) is 4.73. The minimum absolute atomic E-state index is 0.0414. The number of rotatable bonds is 2. The van der Waals surface area contributed by atoms with Crippen LogP contribution in [0.3, 0.4) is 0 Å². The first-order valence-corrected chi connectivity index (χ1v) is 4.73. The lowest BCUT2D eigenvalue weighted by molar-refractivity contribution is -0.132. The number of amides is 1. The molecule has 4 heteroatoms. The van der Waals surface area contributed by atoms with Crippen LogP contribution in [0.4, 0.5) is 0 Å². The van der Waals surface area contributed by atoms with Crippen LogP contribution in [0, 0.1) is 0 Å². The molecule has 0 aromatic carbocycles. The van der Waals surface area contributed by atoms with E-state index in [4.69, 9.17) is 5.73 Å². The van der Waals surface area contributed by atoms with Gasteiger partial charge in [-0.25, -0.2) is 0 Å². The maximum Gasteiger partial charge on any atom is 0.239 e. The molecule has 1 amide bonds. The Morgan fingerprint density at radius 2 is 2.38 bits per heavy atom. The molecule has 1 rings (SSSR count). The van der Waals surface area contributed by atoms with E-state index in [1.54, 1.807) is 11.8 Å². The SMILES string of the molecule is CC[C@H](N)C(=O)N1CCC(C)(O)C1. The standard InChI is InChI=1S/C9H18N2O2/c1-3-7(10)8(12)11-5-4-9(2,13)6-11/h7,13H,3-6,10H2,1-2H3/t7-,9?/m0/s1. The number of hydrogen-bond acceptors (Lipinski definition) is 3. The molecule has 0 aromatic heterocycles. The minimum atomic E-state index is -0.719. The number of likely N-dealkylation sites (tertiary alicyclic amines) is 1. The third kappa shape index (κ3) is 2.42. The van der Waals surface area contributed by atoms with Gasteiger partial charge in [0.1, 0.15) is 0 Å². The fourth-order valence-electron chi connectivity index (χ4n) is 1.54. The maximum atomic E-state index is 11.6. The van der Waals surface area contributed by atoms with Gasteiger partial charge in [-0.1, -0.05) is 6.92 Å². The normalized spacial score (nSPS) is 30.6. The van der Waals surface area contributed by atoms with E-state index in [0.29, 0.717) is 25.9 Å². The molecule has 0 radical (unpaired) electrons. The molecule has 0 aromatic rings. The fraction of sp³-hybridized carbons (Fsp3) is 0.889. The zero-order chi connectivity index (χ0) is 10.1. The third-order valence-electron chi connectivity index (χ3n) is 2.52. The molecule has 76 valence electrons. The Kier molecular flexibility index (Phi) is 2.93. The summed E-state index contributed by atoms with van der Waals surface area (Å²) < 4.78 is 0. The Labute approximate surface area is 78.7 Å². The summed E-state index contributed by atoms with van der Waals surface area (Å²) in [4.78, 5) is 13.2.